The Bertz CT molecular complexity index is 806. The van der Waals surface area contributed by atoms with Crippen LogP contribution in [0.5, 0.6) is 0 Å². The first kappa shape index (κ1) is 14.4. The van der Waals surface area contributed by atoms with Crippen molar-refractivity contribution in [1.82, 2.24) is 9.55 Å². The Morgan fingerprint density at radius 1 is 1.10 bits per heavy atom. The summed E-state index contributed by atoms with van der Waals surface area (Å²) in [5.74, 6) is 1.47. The molecule has 0 unspecified atom stereocenters. The zero-order valence-electron chi connectivity index (χ0n) is 12.0. The molecule has 0 fully saturated rings. The number of nitrogens with zero attached hydrogens (tertiary/aromatic N) is 2. The van der Waals surface area contributed by atoms with Gasteiger partial charge in [0, 0.05) is 18.0 Å². The lowest BCUT2D eigenvalue weighted by atomic mass is 10.1. The van der Waals surface area contributed by atoms with Gasteiger partial charge in [0.25, 0.3) is 0 Å². The third kappa shape index (κ3) is 2.54. The van der Waals surface area contributed by atoms with E-state index < -0.39 is 0 Å². The topological polar surface area (TPSA) is 17.8 Å². The van der Waals surface area contributed by atoms with E-state index in [1.54, 1.807) is 0 Å². The summed E-state index contributed by atoms with van der Waals surface area (Å²) in [7, 11) is 0. The molecule has 0 aliphatic heterocycles. The smallest absolute Gasteiger partial charge is 0.115 e. The van der Waals surface area contributed by atoms with Gasteiger partial charge in [0.1, 0.15) is 11.3 Å². The number of halogens is 2. The molecule has 0 bridgehead atoms. The Morgan fingerprint density at radius 3 is 2.62 bits per heavy atom. The van der Waals surface area contributed by atoms with Crippen molar-refractivity contribution in [3.8, 4) is 5.69 Å². The molecule has 0 spiro atoms. The minimum atomic E-state index is 0.534. The second-order valence-corrected chi connectivity index (χ2v) is 5.96. The van der Waals surface area contributed by atoms with Crippen molar-refractivity contribution in [3.63, 3.8) is 0 Å². The van der Waals surface area contributed by atoms with Gasteiger partial charge >= 0.3 is 0 Å². The van der Waals surface area contributed by atoms with Crippen molar-refractivity contribution >= 4 is 34.2 Å². The molecule has 21 heavy (non-hydrogen) atoms. The molecule has 0 saturated carbocycles. The van der Waals surface area contributed by atoms with Crippen molar-refractivity contribution < 1.29 is 0 Å². The Kier molecular flexibility index (Phi) is 3.92. The molecule has 0 aliphatic carbocycles. The van der Waals surface area contributed by atoms with E-state index in [9.17, 15) is 0 Å². The lowest BCUT2D eigenvalue weighted by Gasteiger charge is -2.11. The van der Waals surface area contributed by atoms with E-state index in [2.05, 4.69) is 41.6 Å². The Morgan fingerprint density at radius 2 is 1.90 bits per heavy atom. The molecule has 1 heterocycles. The van der Waals surface area contributed by atoms with Crippen LogP contribution in [0.4, 0.5) is 0 Å². The van der Waals surface area contributed by atoms with Crippen LogP contribution in [-0.2, 0) is 6.42 Å². The SMILES string of the molecule is Cc1ccc(-n2c(CCCl)nc3c(Cl)cccc32)cc1C. The van der Waals surface area contributed by atoms with Gasteiger partial charge in [0.05, 0.1) is 10.5 Å². The number of imidazole rings is 1. The first-order valence-electron chi connectivity index (χ1n) is 6.91. The summed E-state index contributed by atoms with van der Waals surface area (Å²) in [5, 5.41) is 0.672. The van der Waals surface area contributed by atoms with Gasteiger partial charge in [0.2, 0.25) is 0 Å². The average Bonchev–Trinajstić information content (AvgIpc) is 2.82. The van der Waals surface area contributed by atoms with Crippen LogP contribution in [0.15, 0.2) is 36.4 Å². The second-order valence-electron chi connectivity index (χ2n) is 5.18. The Labute approximate surface area is 134 Å². The molecular formula is C17H16Cl2N2. The summed E-state index contributed by atoms with van der Waals surface area (Å²) < 4.78 is 2.15. The van der Waals surface area contributed by atoms with E-state index in [0.717, 1.165) is 22.5 Å². The highest BCUT2D eigenvalue weighted by Gasteiger charge is 2.14. The first-order chi connectivity index (χ1) is 10.1. The van der Waals surface area contributed by atoms with Crippen LogP contribution in [0.2, 0.25) is 5.02 Å². The lowest BCUT2D eigenvalue weighted by Crippen LogP contribution is -2.02. The van der Waals surface area contributed by atoms with Crippen molar-refractivity contribution in [3.05, 3.63) is 58.4 Å². The largest absolute Gasteiger partial charge is 0.296 e. The maximum Gasteiger partial charge on any atom is 0.115 e. The summed E-state index contributed by atoms with van der Waals surface area (Å²) in [6.45, 7) is 4.23. The zero-order chi connectivity index (χ0) is 15.0. The molecule has 0 amide bonds. The number of alkyl halides is 1. The third-order valence-corrected chi connectivity index (χ3v) is 4.27. The van der Waals surface area contributed by atoms with Crippen molar-refractivity contribution in [2.45, 2.75) is 20.3 Å². The number of fused-ring (bicyclic) bond motifs is 1. The summed E-state index contributed by atoms with van der Waals surface area (Å²) in [4.78, 5) is 4.68. The average molecular weight is 319 g/mol. The molecule has 0 saturated heterocycles. The maximum atomic E-state index is 6.28. The number of benzene rings is 2. The molecule has 0 N–H and O–H groups in total. The van der Waals surface area contributed by atoms with Gasteiger partial charge in [-0.15, -0.1) is 11.6 Å². The predicted molar refractivity (Wildman–Crippen MR) is 90.0 cm³/mol. The number of para-hydroxylation sites is 1. The van der Waals surface area contributed by atoms with Gasteiger partial charge in [-0.3, -0.25) is 4.57 Å². The van der Waals surface area contributed by atoms with Crippen LogP contribution in [0, 0.1) is 13.8 Å². The van der Waals surface area contributed by atoms with Gasteiger partial charge in [0.15, 0.2) is 0 Å². The number of aromatic nitrogens is 2. The first-order valence-corrected chi connectivity index (χ1v) is 7.82. The molecule has 4 heteroatoms. The molecular weight excluding hydrogens is 303 g/mol. The fourth-order valence-corrected chi connectivity index (χ4v) is 2.90. The van der Waals surface area contributed by atoms with E-state index >= 15 is 0 Å². The predicted octanol–water partition coefficient (Wildman–Crippen LogP) is 5.08. The summed E-state index contributed by atoms with van der Waals surface area (Å²) in [6, 6.07) is 12.3. The summed E-state index contributed by atoms with van der Waals surface area (Å²) in [6.07, 6.45) is 0.708. The van der Waals surface area contributed by atoms with Crippen molar-refractivity contribution in [2.75, 3.05) is 5.88 Å². The van der Waals surface area contributed by atoms with Gasteiger partial charge in [-0.05, 0) is 49.2 Å². The fourth-order valence-electron chi connectivity index (χ4n) is 2.52. The Hall–Kier alpha value is -1.51. The highest BCUT2D eigenvalue weighted by atomic mass is 35.5. The molecule has 1 aromatic heterocycles. The molecule has 2 aromatic carbocycles. The molecule has 0 aliphatic rings. The van der Waals surface area contributed by atoms with E-state index in [0.29, 0.717) is 17.3 Å². The van der Waals surface area contributed by atoms with Gasteiger partial charge in [-0.25, -0.2) is 4.98 Å². The fraction of sp³-hybridized carbons (Fsp3) is 0.235. The van der Waals surface area contributed by atoms with Crippen LogP contribution >= 0.6 is 23.2 Å². The Balaban J connectivity index is 2.30. The standard InChI is InChI=1S/C17H16Cl2N2/c1-11-6-7-13(10-12(11)2)21-15-5-3-4-14(19)17(15)20-16(21)8-9-18/h3-7,10H,8-9H2,1-2H3. The molecule has 2 nitrogen and oxygen atoms in total. The molecule has 3 rings (SSSR count). The van der Waals surface area contributed by atoms with Gasteiger partial charge < -0.3 is 0 Å². The quantitative estimate of drug-likeness (QED) is 0.616. The minimum Gasteiger partial charge on any atom is -0.296 e. The maximum absolute atomic E-state index is 6.28. The minimum absolute atomic E-state index is 0.534. The second kappa shape index (κ2) is 5.70. The van der Waals surface area contributed by atoms with E-state index in [1.807, 2.05) is 18.2 Å². The summed E-state index contributed by atoms with van der Waals surface area (Å²) in [5.41, 5.74) is 5.49. The monoisotopic (exact) mass is 318 g/mol. The number of hydrogen-bond donors (Lipinski definition) is 0. The van der Waals surface area contributed by atoms with Gasteiger partial charge in [-0.2, -0.15) is 0 Å². The van der Waals surface area contributed by atoms with Crippen LogP contribution in [-0.4, -0.2) is 15.4 Å². The lowest BCUT2D eigenvalue weighted by molar-refractivity contribution is 0.911. The van der Waals surface area contributed by atoms with Gasteiger partial charge in [-0.1, -0.05) is 23.7 Å². The van der Waals surface area contributed by atoms with Crippen LogP contribution in [0.3, 0.4) is 0 Å². The zero-order valence-corrected chi connectivity index (χ0v) is 13.5. The van der Waals surface area contributed by atoms with Crippen LogP contribution in [0.1, 0.15) is 17.0 Å². The van der Waals surface area contributed by atoms with Crippen LogP contribution in [0.25, 0.3) is 16.7 Å². The van der Waals surface area contributed by atoms with Crippen LogP contribution < -0.4 is 0 Å². The van der Waals surface area contributed by atoms with E-state index in [1.165, 1.54) is 11.1 Å². The number of rotatable bonds is 3. The normalized spacial score (nSPS) is 11.2. The highest BCUT2D eigenvalue weighted by molar-refractivity contribution is 6.35. The number of aryl methyl sites for hydroxylation is 3. The molecule has 3 aromatic rings. The van der Waals surface area contributed by atoms with E-state index in [4.69, 9.17) is 23.2 Å². The molecule has 0 atom stereocenters. The van der Waals surface area contributed by atoms with Crippen molar-refractivity contribution in [2.24, 2.45) is 0 Å². The highest BCUT2D eigenvalue weighted by Crippen LogP contribution is 2.28. The number of hydrogen-bond acceptors (Lipinski definition) is 1. The van der Waals surface area contributed by atoms with Crippen molar-refractivity contribution in [1.29, 1.82) is 0 Å². The molecule has 0 radical (unpaired) electrons. The third-order valence-electron chi connectivity index (χ3n) is 3.77. The molecule has 108 valence electrons. The van der Waals surface area contributed by atoms with E-state index in [-0.39, 0.29) is 0 Å². The summed E-state index contributed by atoms with van der Waals surface area (Å²) >= 11 is 12.2.